The van der Waals surface area contributed by atoms with Crippen LogP contribution in [0, 0.1) is 6.92 Å². The van der Waals surface area contributed by atoms with E-state index in [0.29, 0.717) is 5.92 Å². The van der Waals surface area contributed by atoms with Gasteiger partial charge in [0.1, 0.15) is 7.85 Å². The Morgan fingerprint density at radius 3 is 1.78 bits per heavy atom. The highest BCUT2D eigenvalue weighted by Crippen LogP contribution is 2.33. The number of hydrogen-bond acceptors (Lipinski definition) is 0. The topological polar surface area (TPSA) is 0 Å². The Morgan fingerprint density at radius 1 is 0.652 bits per heavy atom. The van der Waals surface area contributed by atoms with Crippen molar-refractivity contribution in [2.75, 3.05) is 0 Å². The normalized spacial score (nSPS) is 11.0. The lowest BCUT2D eigenvalue weighted by atomic mass is 9.78. The molecule has 3 rings (SSSR count). The predicted molar refractivity (Wildman–Crippen MR) is 104 cm³/mol. The van der Waals surface area contributed by atoms with E-state index in [-0.39, 0.29) is 0 Å². The van der Waals surface area contributed by atoms with Crippen LogP contribution in [0.5, 0.6) is 0 Å². The van der Waals surface area contributed by atoms with Gasteiger partial charge in [0.15, 0.2) is 0 Å². The maximum atomic E-state index is 2.26. The third-order valence-corrected chi connectivity index (χ3v) is 4.65. The molecule has 0 saturated heterocycles. The summed E-state index contributed by atoms with van der Waals surface area (Å²) in [5, 5.41) is 0. The number of rotatable bonds is 3. The first-order valence-corrected chi connectivity index (χ1v) is 8.34. The number of hydrogen-bond donors (Lipinski definition) is 0. The van der Waals surface area contributed by atoms with Gasteiger partial charge in [-0.1, -0.05) is 91.6 Å². The standard InChI is InChI=1S/C22H23B/c1-15(2)17-13-8-14-21(22(17)23)20-12-7-6-11-19(20)18-10-5-4-9-16(18)3/h4-15H,23H2,1-3H3. The van der Waals surface area contributed by atoms with Crippen LogP contribution in [0.25, 0.3) is 22.3 Å². The monoisotopic (exact) mass is 298 g/mol. The van der Waals surface area contributed by atoms with Crippen molar-refractivity contribution in [1.29, 1.82) is 0 Å². The zero-order valence-electron chi connectivity index (χ0n) is 14.4. The molecule has 0 radical (unpaired) electrons. The summed E-state index contributed by atoms with van der Waals surface area (Å²) < 4.78 is 0. The van der Waals surface area contributed by atoms with Crippen molar-refractivity contribution >= 4 is 13.3 Å². The lowest BCUT2D eigenvalue weighted by Gasteiger charge is -2.18. The second-order valence-corrected chi connectivity index (χ2v) is 6.54. The van der Waals surface area contributed by atoms with E-state index in [0.717, 1.165) is 0 Å². The van der Waals surface area contributed by atoms with E-state index < -0.39 is 0 Å². The van der Waals surface area contributed by atoms with Crippen LogP contribution in [0.3, 0.4) is 0 Å². The highest BCUT2D eigenvalue weighted by Gasteiger charge is 2.13. The first-order valence-electron chi connectivity index (χ1n) is 8.34. The van der Waals surface area contributed by atoms with E-state index >= 15 is 0 Å². The van der Waals surface area contributed by atoms with E-state index in [2.05, 4.69) is 95.3 Å². The lowest BCUT2D eigenvalue weighted by Crippen LogP contribution is -2.15. The van der Waals surface area contributed by atoms with Crippen molar-refractivity contribution < 1.29 is 0 Å². The molecule has 3 aromatic carbocycles. The Labute approximate surface area is 140 Å². The van der Waals surface area contributed by atoms with Crippen LogP contribution >= 0.6 is 0 Å². The van der Waals surface area contributed by atoms with Gasteiger partial charge in [0, 0.05) is 0 Å². The fourth-order valence-electron chi connectivity index (χ4n) is 3.40. The molecule has 0 N–H and O–H groups in total. The average Bonchev–Trinajstić information content (AvgIpc) is 2.55. The van der Waals surface area contributed by atoms with E-state index in [1.165, 1.54) is 38.8 Å². The Hall–Kier alpha value is -2.28. The number of benzene rings is 3. The molecule has 114 valence electrons. The predicted octanol–water partition coefficient (Wildman–Crippen LogP) is 4.71. The van der Waals surface area contributed by atoms with E-state index in [4.69, 9.17) is 0 Å². The van der Waals surface area contributed by atoms with Crippen LogP contribution < -0.4 is 5.46 Å². The first kappa shape index (κ1) is 15.6. The zero-order valence-corrected chi connectivity index (χ0v) is 14.4. The molecule has 0 aromatic heterocycles. The minimum absolute atomic E-state index is 0.542. The third kappa shape index (κ3) is 2.96. The van der Waals surface area contributed by atoms with Gasteiger partial charge in [-0.25, -0.2) is 0 Å². The Kier molecular flexibility index (Phi) is 4.38. The molecule has 0 heterocycles. The zero-order chi connectivity index (χ0) is 16.4. The molecule has 0 atom stereocenters. The van der Waals surface area contributed by atoms with Gasteiger partial charge in [-0.2, -0.15) is 0 Å². The Morgan fingerprint density at radius 2 is 1.17 bits per heavy atom. The molecule has 23 heavy (non-hydrogen) atoms. The molecule has 0 aliphatic carbocycles. The second kappa shape index (κ2) is 6.46. The summed E-state index contributed by atoms with van der Waals surface area (Å²) in [5.74, 6) is 0.542. The molecular formula is C22H23B. The molecular weight excluding hydrogens is 275 g/mol. The molecule has 1 heteroatoms. The van der Waals surface area contributed by atoms with Crippen molar-refractivity contribution in [2.45, 2.75) is 26.7 Å². The van der Waals surface area contributed by atoms with Crippen LogP contribution in [0.4, 0.5) is 0 Å². The van der Waals surface area contributed by atoms with Crippen LogP contribution in [0.2, 0.25) is 0 Å². The Balaban J connectivity index is 2.24. The van der Waals surface area contributed by atoms with Gasteiger partial charge < -0.3 is 0 Å². The molecule has 0 spiro atoms. The van der Waals surface area contributed by atoms with Crippen molar-refractivity contribution in [2.24, 2.45) is 0 Å². The minimum atomic E-state index is 0.542. The van der Waals surface area contributed by atoms with Crippen LogP contribution in [-0.4, -0.2) is 7.85 Å². The molecule has 0 nitrogen and oxygen atoms in total. The first-order chi connectivity index (χ1) is 11.1. The molecule has 0 saturated carbocycles. The molecule has 0 aliphatic heterocycles. The fraction of sp³-hybridized carbons (Fsp3) is 0.182. The van der Waals surface area contributed by atoms with Gasteiger partial charge in [-0.15, -0.1) is 0 Å². The lowest BCUT2D eigenvalue weighted by molar-refractivity contribution is 0.874. The highest BCUT2D eigenvalue weighted by molar-refractivity contribution is 6.37. The van der Waals surface area contributed by atoms with E-state index in [9.17, 15) is 0 Å². The summed E-state index contributed by atoms with van der Waals surface area (Å²) in [6.07, 6.45) is 0. The van der Waals surface area contributed by atoms with Crippen molar-refractivity contribution in [1.82, 2.24) is 0 Å². The summed E-state index contributed by atoms with van der Waals surface area (Å²) in [5.41, 5.74) is 9.44. The molecule has 0 amide bonds. The Bertz CT molecular complexity index is 831. The SMILES string of the molecule is Bc1c(-c2ccccc2-c2ccccc2C)cccc1C(C)C. The summed E-state index contributed by atoms with van der Waals surface area (Å²) in [6.45, 7) is 6.71. The summed E-state index contributed by atoms with van der Waals surface area (Å²) >= 11 is 0. The maximum absolute atomic E-state index is 2.26. The van der Waals surface area contributed by atoms with Gasteiger partial charge >= 0.3 is 0 Å². The number of aryl methyl sites for hydroxylation is 1. The molecule has 0 fully saturated rings. The molecule has 3 aromatic rings. The van der Waals surface area contributed by atoms with Crippen molar-refractivity contribution in [3.63, 3.8) is 0 Å². The van der Waals surface area contributed by atoms with Gasteiger partial charge in [-0.05, 0) is 40.7 Å². The summed E-state index contributed by atoms with van der Waals surface area (Å²) in [6, 6.07) is 24.1. The maximum Gasteiger partial charge on any atom is 0.140 e. The van der Waals surface area contributed by atoms with E-state index in [1.54, 1.807) is 0 Å². The molecule has 0 aliphatic rings. The van der Waals surface area contributed by atoms with E-state index in [1.807, 2.05) is 0 Å². The summed E-state index contributed by atoms with van der Waals surface area (Å²) in [7, 11) is 2.25. The van der Waals surface area contributed by atoms with Crippen LogP contribution in [-0.2, 0) is 0 Å². The summed E-state index contributed by atoms with van der Waals surface area (Å²) in [4.78, 5) is 0. The third-order valence-electron chi connectivity index (χ3n) is 4.65. The van der Waals surface area contributed by atoms with Gasteiger partial charge in [-0.3, -0.25) is 0 Å². The smallest absolute Gasteiger partial charge is 0.0779 e. The average molecular weight is 298 g/mol. The molecule has 0 unspecified atom stereocenters. The second-order valence-electron chi connectivity index (χ2n) is 6.54. The van der Waals surface area contributed by atoms with Gasteiger partial charge in [0.2, 0.25) is 0 Å². The largest absolute Gasteiger partial charge is 0.140 e. The fourth-order valence-corrected chi connectivity index (χ4v) is 3.40. The minimum Gasteiger partial charge on any atom is -0.0779 e. The van der Waals surface area contributed by atoms with Crippen LogP contribution in [0.1, 0.15) is 30.9 Å². The van der Waals surface area contributed by atoms with Gasteiger partial charge in [0.05, 0.1) is 0 Å². The van der Waals surface area contributed by atoms with Crippen LogP contribution in [0.15, 0.2) is 66.7 Å². The van der Waals surface area contributed by atoms with Crippen molar-refractivity contribution in [3.8, 4) is 22.3 Å². The molecule has 0 bridgehead atoms. The quantitative estimate of drug-likeness (QED) is 0.614. The highest BCUT2D eigenvalue weighted by atomic mass is 14.2. The van der Waals surface area contributed by atoms with Crippen molar-refractivity contribution in [3.05, 3.63) is 77.9 Å². The van der Waals surface area contributed by atoms with Gasteiger partial charge in [0.25, 0.3) is 0 Å².